The summed E-state index contributed by atoms with van der Waals surface area (Å²) in [5.74, 6) is -0.0407. The highest BCUT2D eigenvalue weighted by molar-refractivity contribution is 9.09. The van der Waals surface area contributed by atoms with Crippen molar-refractivity contribution < 1.29 is 4.79 Å². The van der Waals surface area contributed by atoms with Crippen molar-refractivity contribution in [1.29, 1.82) is 0 Å². The highest BCUT2D eigenvalue weighted by atomic mass is 79.9. The van der Waals surface area contributed by atoms with E-state index in [0.717, 1.165) is 30.3 Å². The van der Waals surface area contributed by atoms with Gasteiger partial charge in [-0.15, -0.1) is 0 Å². The number of nitrogens with one attached hydrogen (secondary N) is 1. The minimum atomic E-state index is -0.0407. The second-order valence-electron chi connectivity index (χ2n) is 4.38. The van der Waals surface area contributed by atoms with E-state index in [0.29, 0.717) is 10.6 Å². The zero-order chi connectivity index (χ0) is 13.4. The van der Waals surface area contributed by atoms with Crippen LogP contribution < -0.4 is 5.32 Å². The molecule has 18 heavy (non-hydrogen) atoms. The summed E-state index contributed by atoms with van der Waals surface area (Å²) in [4.78, 5) is 11.9. The van der Waals surface area contributed by atoms with Crippen molar-refractivity contribution in [3.8, 4) is 0 Å². The zero-order valence-corrected chi connectivity index (χ0v) is 13.0. The number of hydrogen-bond donors (Lipinski definition) is 1. The summed E-state index contributed by atoms with van der Waals surface area (Å²) < 4.78 is 0. The van der Waals surface area contributed by atoms with Gasteiger partial charge in [-0.3, -0.25) is 4.79 Å². The molecule has 0 atom stereocenters. The van der Waals surface area contributed by atoms with Crippen LogP contribution in [0, 0.1) is 6.92 Å². The van der Waals surface area contributed by atoms with Crippen molar-refractivity contribution in [2.24, 2.45) is 0 Å². The molecule has 0 aliphatic rings. The van der Waals surface area contributed by atoms with E-state index in [1.807, 2.05) is 19.1 Å². The first-order valence-corrected chi connectivity index (χ1v) is 7.75. The molecule has 0 aliphatic carbocycles. The Morgan fingerprint density at radius 3 is 2.61 bits per heavy atom. The molecule has 0 radical (unpaired) electrons. The molecule has 1 aromatic rings. The molecule has 4 heteroatoms. The number of alkyl halides is 1. The van der Waals surface area contributed by atoms with Crippen LogP contribution in [0.25, 0.3) is 0 Å². The van der Waals surface area contributed by atoms with Gasteiger partial charge in [0.2, 0.25) is 0 Å². The third kappa shape index (κ3) is 5.87. The normalized spacial score (nSPS) is 10.4. The number of hydrogen-bond acceptors (Lipinski definition) is 1. The molecule has 0 fully saturated rings. The van der Waals surface area contributed by atoms with Gasteiger partial charge in [-0.05, 0) is 43.5 Å². The number of halogens is 2. The molecule has 0 unspecified atom stereocenters. The maximum atomic E-state index is 11.9. The molecule has 100 valence electrons. The predicted octanol–water partition coefficient (Wildman–Crippen LogP) is 4.33. The summed E-state index contributed by atoms with van der Waals surface area (Å²) in [6.45, 7) is 2.66. The Labute approximate surface area is 122 Å². The van der Waals surface area contributed by atoms with Crippen LogP contribution in [0.5, 0.6) is 0 Å². The smallest absolute Gasteiger partial charge is 0.251 e. The van der Waals surface area contributed by atoms with Gasteiger partial charge in [-0.2, -0.15) is 0 Å². The fraction of sp³-hybridized carbons (Fsp3) is 0.500. The molecule has 1 rings (SSSR count). The zero-order valence-electron chi connectivity index (χ0n) is 10.6. The molecule has 0 aliphatic heterocycles. The van der Waals surface area contributed by atoms with Gasteiger partial charge in [-0.1, -0.05) is 40.4 Å². The Bertz CT molecular complexity index is 375. The summed E-state index contributed by atoms with van der Waals surface area (Å²) in [6.07, 6.45) is 4.58. The summed E-state index contributed by atoms with van der Waals surface area (Å²) in [7, 11) is 0. The highest BCUT2D eigenvalue weighted by Gasteiger charge is 2.06. The monoisotopic (exact) mass is 331 g/mol. The van der Waals surface area contributed by atoms with Crippen LogP contribution in [0.2, 0.25) is 5.02 Å². The van der Waals surface area contributed by atoms with E-state index in [9.17, 15) is 4.79 Å². The topological polar surface area (TPSA) is 29.1 Å². The highest BCUT2D eigenvalue weighted by Crippen LogP contribution is 2.14. The number of amides is 1. The molecule has 0 spiro atoms. The third-order valence-electron chi connectivity index (χ3n) is 2.65. The lowest BCUT2D eigenvalue weighted by atomic mass is 10.1. The Balaban J connectivity index is 2.32. The Morgan fingerprint density at radius 1 is 1.22 bits per heavy atom. The Kier molecular flexibility index (Phi) is 7.36. The van der Waals surface area contributed by atoms with E-state index in [1.54, 1.807) is 6.07 Å². The third-order valence-corrected chi connectivity index (χ3v) is 3.43. The van der Waals surface area contributed by atoms with Crippen molar-refractivity contribution in [2.75, 3.05) is 11.9 Å². The van der Waals surface area contributed by atoms with Crippen LogP contribution in [0.4, 0.5) is 0 Å². The molecule has 1 aromatic carbocycles. The molecule has 0 bridgehead atoms. The lowest BCUT2D eigenvalue weighted by Gasteiger charge is -2.06. The average molecular weight is 333 g/mol. The van der Waals surface area contributed by atoms with Gasteiger partial charge in [0.05, 0.1) is 0 Å². The molecular formula is C14H19BrClNO. The summed E-state index contributed by atoms with van der Waals surface area (Å²) in [5, 5.41) is 4.59. The van der Waals surface area contributed by atoms with Crippen LogP contribution in [-0.4, -0.2) is 17.8 Å². The first-order valence-electron chi connectivity index (χ1n) is 6.25. The lowest BCUT2D eigenvalue weighted by Crippen LogP contribution is -2.24. The van der Waals surface area contributed by atoms with Crippen LogP contribution in [0.15, 0.2) is 18.2 Å². The minimum Gasteiger partial charge on any atom is -0.352 e. The minimum absolute atomic E-state index is 0.0407. The van der Waals surface area contributed by atoms with Gasteiger partial charge in [0.25, 0.3) is 5.91 Å². The molecule has 0 heterocycles. The van der Waals surface area contributed by atoms with Crippen LogP contribution in [0.3, 0.4) is 0 Å². The molecule has 0 saturated heterocycles. The van der Waals surface area contributed by atoms with E-state index in [1.165, 1.54) is 12.8 Å². The molecule has 0 saturated carbocycles. The first kappa shape index (κ1) is 15.5. The lowest BCUT2D eigenvalue weighted by molar-refractivity contribution is 0.0953. The predicted molar refractivity (Wildman–Crippen MR) is 80.8 cm³/mol. The fourth-order valence-electron chi connectivity index (χ4n) is 1.74. The summed E-state index contributed by atoms with van der Waals surface area (Å²) >= 11 is 9.33. The fourth-order valence-corrected chi connectivity index (χ4v) is 2.43. The van der Waals surface area contributed by atoms with E-state index < -0.39 is 0 Å². The van der Waals surface area contributed by atoms with E-state index in [-0.39, 0.29) is 5.91 Å². The van der Waals surface area contributed by atoms with Crippen molar-refractivity contribution in [2.45, 2.75) is 32.6 Å². The maximum Gasteiger partial charge on any atom is 0.251 e. The van der Waals surface area contributed by atoms with Gasteiger partial charge in [-0.25, -0.2) is 0 Å². The van der Waals surface area contributed by atoms with Crippen molar-refractivity contribution >= 4 is 33.4 Å². The number of carbonyl (C=O) groups is 1. The van der Waals surface area contributed by atoms with Crippen LogP contribution in [-0.2, 0) is 0 Å². The van der Waals surface area contributed by atoms with Crippen molar-refractivity contribution in [1.82, 2.24) is 5.32 Å². The SMILES string of the molecule is Cc1cc(Cl)cc(C(=O)NCCCCCCBr)c1. The molecule has 0 aromatic heterocycles. The number of benzene rings is 1. The van der Waals surface area contributed by atoms with Crippen LogP contribution in [0.1, 0.15) is 41.6 Å². The molecular weight excluding hydrogens is 314 g/mol. The number of carbonyl (C=O) groups excluding carboxylic acids is 1. The maximum absolute atomic E-state index is 11.9. The summed E-state index contributed by atoms with van der Waals surface area (Å²) in [6, 6.07) is 5.40. The first-order chi connectivity index (χ1) is 8.63. The van der Waals surface area contributed by atoms with Gasteiger partial charge in [0, 0.05) is 22.5 Å². The van der Waals surface area contributed by atoms with Gasteiger partial charge >= 0.3 is 0 Å². The van der Waals surface area contributed by atoms with Gasteiger partial charge in [0.15, 0.2) is 0 Å². The molecule has 2 nitrogen and oxygen atoms in total. The Hall–Kier alpha value is -0.540. The molecule has 1 N–H and O–H groups in total. The standard InChI is InChI=1S/C14H19BrClNO/c1-11-8-12(10-13(16)9-11)14(18)17-7-5-3-2-4-6-15/h8-10H,2-7H2,1H3,(H,17,18). The number of aryl methyl sites for hydroxylation is 1. The van der Waals surface area contributed by atoms with Crippen molar-refractivity contribution in [3.63, 3.8) is 0 Å². The quantitative estimate of drug-likeness (QED) is 0.584. The van der Waals surface area contributed by atoms with E-state index in [2.05, 4.69) is 21.2 Å². The molecule has 1 amide bonds. The van der Waals surface area contributed by atoms with Gasteiger partial charge < -0.3 is 5.32 Å². The van der Waals surface area contributed by atoms with Gasteiger partial charge in [0.1, 0.15) is 0 Å². The second-order valence-corrected chi connectivity index (χ2v) is 5.61. The number of rotatable bonds is 7. The van der Waals surface area contributed by atoms with Crippen molar-refractivity contribution in [3.05, 3.63) is 34.3 Å². The van der Waals surface area contributed by atoms with Crippen LogP contribution >= 0.6 is 27.5 Å². The average Bonchev–Trinajstić information content (AvgIpc) is 2.32. The van der Waals surface area contributed by atoms with E-state index in [4.69, 9.17) is 11.6 Å². The number of unbranched alkanes of at least 4 members (excludes halogenated alkanes) is 3. The van der Waals surface area contributed by atoms with E-state index >= 15 is 0 Å². The second kappa shape index (κ2) is 8.54. The largest absolute Gasteiger partial charge is 0.352 e. The Morgan fingerprint density at radius 2 is 1.94 bits per heavy atom. The summed E-state index contributed by atoms with van der Waals surface area (Å²) in [5.41, 5.74) is 1.64.